The van der Waals surface area contributed by atoms with Crippen LogP contribution in [0, 0.1) is 6.92 Å². The number of alkyl halides is 1. The number of thiol groups is 1. The number of aromatic nitrogens is 2. The first kappa shape index (κ1) is 65.7. The SMILES string of the molecule is C.CCc1ccc2c(c1)-c1n[nH]c(=O)c3cccc(c13)O2.CCc1ccc2oc3cccc(C(=O)OC)c3c(=O)c2c1.COC(=O)c1cccc2oc3ccc(C)cc3c(=O)c12.COC(=O)c1cccc2oc3ccc(CBr)cc3c(=O)c12.NN.[B]=NS. The van der Waals surface area contributed by atoms with Gasteiger partial charge in [0, 0.05) is 10.9 Å². The number of hydrogen-bond acceptors (Lipinski definition) is 19. The number of esters is 3. The molecule has 0 saturated carbocycles. The van der Waals surface area contributed by atoms with Crippen molar-refractivity contribution in [1.82, 2.24) is 10.2 Å². The Kier molecular flexibility index (Phi) is 22.0. The molecule has 0 amide bonds. The average molecular weight is 1270 g/mol. The number of nitrogens with two attached hydrogens (primary N) is 2. The quantitative estimate of drug-likeness (QED) is 0.0176. The molecule has 88 heavy (non-hydrogen) atoms. The molecule has 8 aromatic carbocycles. The Hall–Kier alpha value is -9.87. The van der Waals surface area contributed by atoms with Gasteiger partial charge < -0.3 is 32.2 Å². The molecule has 1 radical (unpaired) electrons. The number of benzene rings is 8. The van der Waals surface area contributed by atoms with Crippen LogP contribution in [-0.2, 0) is 32.4 Å². The third-order valence-electron chi connectivity index (χ3n) is 13.9. The first-order valence-corrected chi connectivity index (χ1v) is 28.1. The number of aromatic amines is 1. The number of aryl methyl sites for hydroxylation is 3. The molecule has 0 fully saturated rings. The Morgan fingerprint density at radius 3 is 1.41 bits per heavy atom. The topological polar surface area (TPSA) is 289 Å². The Bertz CT molecular complexity index is 4760. The van der Waals surface area contributed by atoms with Crippen molar-refractivity contribution in [3.63, 3.8) is 0 Å². The van der Waals surface area contributed by atoms with Gasteiger partial charge in [0.1, 0.15) is 50.7 Å². The number of fused-ring (bicyclic) bond motifs is 8. The van der Waals surface area contributed by atoms with E-state index in [1.165, 1.54) is 26.9 Å². The standard InChI is InChI=1S/C17H14O4.C16H11BrO4.C16H12N2O2.C16H12O4.CH4.BHNS.H4N2/c1-3-10-7-8-13-12(9-10)16(18)15-11(17(19)20-2)5-4-6-14(15)21-13;1-20-16(19)10-3-2-4-13-14(10)15(18)11-7-9(8-17)5-6-12(11)21-13;1-2-9-6-7-12-11(8-9)15-14-10(16(19)18-17-15)4-3-5-13(14)20-12;1-9-6-7-12-11(8-9)15(17)14-10(16(18)19-2)4-3-5-13(14)20-12;;1-2-3;1-2/h4-9H,3H2,1-2H3;2-7H,8H2,1H3;3-8H,2H2,1H3,(H,18,19);3-8H,1-2H3;1H4;3H;1-2H2. The zero-order chi connectivity index (χ0) is 62.6. The van der Waals surface area contributed by atoms with Crippen LogP contribution in [0.5, 0.6) is 11.5 Å². The minimum atomic E-state index is -0.552. The molecule has 1 aliphatic heterocycles. The summed E-state index contributed by atoms with van der Waals surface area (Å²) >= 11 is 6.55. The van der Waals surface area contributed by atoms with Crippen molar-refractivity contribution >= 4 is 131 Å². The Morgan fingerprint density at radius 2 is 0.955 bits per heavy atom. The third-order valence-corrected chi connectivity index (χ3v) is 14.5. The number of carbonyl (C=O) groups is 3. The summed E-state index contributed by atoms with van der Waals surface area (Å²) in [7, 11) is 8.20. The summed E-state index contributed by atoms with van der Waals surface area (Å²) in [4.78, 5) is 85.4. The second kappa shape index (κ2) is 29.5. The summed E-state index contributed by atoms with van der Waals surface area (Å²) in [5.74, 6) is 7.83. The molecule has 0 spiro atoms. The van der Waals surface area contributed by atoms with Crippen LogP contribution in [0.3, 0.4) is 0 Å². The minimum absolute atomic E-state index is 0. The van der Waals surface area contributed by atoms with E-state index in [0.29, 0.717) is 66.1 Å². The summed E-state index contributed by atoms with van der Waals surface area (Å²) in [6, 6.07) is 42.6. The zero-order valence-electron chi connectivity index (χ0n) is 47.6. The molecule has 22 heteroatoms. The normalized spacial score (nSPS) is 10.6. The summed E-state index contributed by atoms with van der Waals surface area (Å²) in [5, 5.41) is 11.0. The van der Waals surface area contributed by atoms with Crippen LogP contribution >= 0.6 is 28.7 Å². The first-order valence-electron chi connectivity index (χ1n) is 26.6. The first-order chi connectivity index (χ1) is 42.1. The molecule has 0 atom stereocenters. The molecule has 19 nitrogen and oxygen atoms in total. The number of halogens is 1. The molecule has 12 aromatic rings. The van der Waals surface area contributed by atoms with Gasteiger partial charge in [-0.05, 0) is 134 Å². The van der Waals surface area contributed by atoms with E-state index in [0.717, 1.165) is 51.9 Å². The fourth-order valence-electron chi connectivity index (χ4n) is 9.71. The van der Waals surface area contributed by atoms with E-state index in [9.17, 15) is 33.6 Å². The van der Waals surface area contributed by atoms with Gasteiger partial charge in [0.15, 0.2) is 0 Å². The van der Waals surface area contributed by atoms with E-state index >= 15 is 0 Å². The zero-order valence-corrected chi connectivity index (χ0v) is 50.1. The van der Waals surface area contributed by atoms with Gasteiger partial charge in [0.25, 0.3) is 5.56 Å². The molecular formula is C66H58BBrN5O14S. The molecule has 4 aromatic heterocycles. The fourth-order valence-corrected chi connectivity index (χ4v) is 10.1. The van der Waals surface area contributed by atoms with Gasteiger partial charge in [-0.15, -0.1) is 0 Å². The number of nitrogens with zero attached hydrogens (tertiary/aromatic N) is 2. The van der Waals surface area contributed by atoms with Crippen molar-refractivity contribution in [2.24, 2.45) is 16.0 Å². The summed E-state index contributed by atoms with van der Waals surface area (Å²) in [6.45, 7) is 6.02. The maximum atomic E-state index is 12.7. The van der Waals surface area contributed by atoms with Crippen LogP contribution in [-0.4, -0.2) is 57.1 Å². The van der Waals surface area contributed by atoms with E-state index in [2.05, 4.69) is 81.6 Å². The number of rotatable bonds is 6. The van der Waals surface area contributed by atoms with Crippen LogP contribution in [0.2, 0.25) is 0 Å². The predicted molar refractivity (Wildman–Crippen MR) is 350 cm³/mol. The van der Waals surface area contributed by atoms with Gasteiger partial charge >= 0.3 is 42.7 Å². The van der Waals surface area contributed by atoms with Crippen molar-refractivity contribution in [3.05, 3.63) is 226 Å². The summed E-state index contributed by atoms with van der Waals surface area (Å²) < 4.78 is 40.0. The molecule has 0 bridgehead atoms. The number of hydrogen-bond donors (Lipinski definition) is 4. The third kappa shape index (κ3) is 13.4. The van der Waals surface area contributed by atoms with Crippen molar-refractivity contribution in [3.8, 4) is 22.8 Å². The van der Waals surface area contributed by atoms with Gasteiger partial charge in [-0.2, -0.15) is 5.10 Å². The van der Waals surface area contributed by atoms with Crippen LogP contribution in [0.25, 0.3) is 87.8 Å². The van der Waals surface area contributed by atoms with E-state index in [4.69, 9.17) is 32.2 Å². The molecule has 0 unspecified atom stereocenters. The second-order valence-electron chi connectivity index (χ2n) is 18.9. The van der Waals surface area contributed by atoms with E-state index in [-0.39, 0.29) is 62.1 Å². The molecule has 5 heterocycles. The second-order valence-corrected chi connectivity index (χ2v) is 19.7. The number of nitrogens with one attached hydrogen (secondary N) is 1. The van der Waals surface area contributed by atoms with Crippen LogP contribution < -0.4 is 38.3 Å². The molecule has 0 aliphatic carbocycles. The van der Waals surface area contributed by atoms with Crippen molar-refractivity contribution in [2.45, 2.75) is 46.4 Å². The number of ether oxygens (including phenoxy) is 4. The molecular weight excluding hydrogens is 1210 g/mol. The molecule has 1 aliphatic rings. The van der Waals surface area contributed by atoms with Gasteiger partial charge in [0.05, 0.1) is 81.1 Å². The van der Waals surface area contributed by atoms with Crippen LogP contribution in [0.1, 0.15) is 74.6 Å². The van der Waals surface area contributed by atoms with Crippen LogP contribution in [0.15, 0.2) is 182 Å². The molecule has 13 rings (SSSR count). The number of methoxy groups -OCH3 is 3. The fraction of sp³-hybridized carbons (Fsp3) is 0.152. The summed E-state index contributed by atoms with van der Waals surface area (Å²) in [5.41, 5.74) is 8.41. The number of H-pyrrole nitrogens is 1. The summed E-state index contributed by atoms with van der Waals surface area (Å²) in [6.07, 6.45) is 1.77. The van der Waals surface area contributed by atoms with Gasteiger partial charge in [-0.25, -0.2) is 19.5 Å². The van der Waals surface area contributed by atoms with Gasteiger partial charge in [-0.1, -0.05) is 91.3 Å². The Balaban J connectivity index is 0.000000163. The van der Waals surface area contributed by atoms with E-state index < -0.39 is 17.9 Å². The van der Waals surface area contributed by atoms with E-state index in [1.807, 2.05) is 56.3 Å². The van der Waals surface area contributed by atoms with Gasteiger partial charge in [-0.3, -0.25) is 30.9 Å². The van der Waals surface area contributed by atoms with Crippen LogP contribution in [0.4, 0.5) is 0 Å². The monoisotopic (exact) mass is 1270 g/mol. The maximum absolute atomic E-state index is 12.7. The molecule has 0 saturated heterocycles. The Labute approximate surface area is 516 Å². The Morgan fingerprint density at radius 1 is 0.545 bits per heavy atom. The van der Waals surface area contributed by atoms with Crippen molar-refractivity contribution < 1.29 is 46.6 Å². The van der Waals surface area contributed by atoms with Crippen molar-refractivity contribution in [1.29, 1.82) is 0 Å². The van der Waals surface area contributed by atoms with E-state index in [1.54, 1.807) is 91.0 Å². The average Bonchev–Trinajstić information content (AvgIpc) is 0.870. The van der Waals surface area contributed by atoms with Gasteiger partial charge in [0.2, 0.25) is 16.3 Å². The molecule has 5 N–H and O–H groups in total. The number of carbonyl (C=O) groups excluding carboxylic acids is 3. The predicted octanol–water partition coefficient (Wildman–Crippen LogP) is 12.9. The molecule has 447 valence electrons. The number of hydrazine groups is 1. The van der Waals surface area contributed by atoms with Crippen molar-refractivity contribution in [2.75, 3.05) is 21.3 Å².